The molecule has 0 aliphatic rings. The number of carbonyl (C=O) groups is 3. The first-order chi connectivity index (χ1) is 9.90. The highest BCUT2D eigenvalue weighted by atomic mass is 16.4. The fourth-order valence-electron chi connectivity index (χ4n) is 1.59. The zero-order valence-electron chi connectivity index (χ0n) is 11.6. The number of urea groups is 2. The Morgan fingerprint density at radius 2 is 1.71 bits per heavy atom. The summed E-state index contributed by atoms with van der Waals surface area (Å²) < 4.78 is 0. The van der Waals surface area contributed by atoms with Crippen molar-refractivity contribution in [3.8, 4) is 0 Å². The molecule has 21 heavy (non-hydrogen) atoms. The second kappa shape index (κ2) is 7.73. The summed E-state index contributed by atoms with van der Waals surface area (Å²) >= 11 is 0. The lowest BCUT2D eigenvalue weighted by Gasteiger charge is -2.18. The first-order valence-corrected chi connectivity index (χ1v) is 6.24. The van der Waals surface area contributed by atoms with Crippen molar-refractivity contribution in [3.63, 3.8) is 0 Å². The third-order valence-electron chi connectivity index (χ3n) is 2.67. The molecule has 5 N–H and O–H groups in total. The van der Waals surface area contributed by atoms with Crippen LogP contribution in [0.4, 0.5) is 9.59 Å². The molecule has 8 heteroatoms. The predicted molar refractivity (Wildman–Crippen MR) is 75.9 cm³/mol. The van der Waals surface area contributed by atoms with Crippen LogP contribution in [0, 0.1) is 0 Å². The van der Waals surface area contributed by atoms with E-state index in [0.29, 0.717) is 6.54 Å². The van der Waals surface area contributed by atoms with Crippen LogP contribution in [0.3, 0.4) is 0 Å². The van der Waals surface area contributed by atoms with E-state index in [0.717, 1.165) is 5.56 Å². The number of amides is 4. The summed E-state index contributed by atoms with van der Waals surface area (Å²) in [6.07, 6.45) is 0. The van der Waals surface area contributed by atoms with E-state index in [9.17, 15) is 14.4 Å². The van der Waals surface area contributed by atoms with Gasteiger partial charge in [0.05, 0.1) is 5.56 Å². The summed E-state index contributed by atoms with van der Waals surface area (Å²) in [7, 11) is 1.61. The number of carboxylic acids is 1. The Morgan fingerprint density at radius 3 is 2.24 bits per heavy atom. The largest absolute Gasteiger partial charge is 0.478 e. The van der Waals surface area contributed by atoms with Crippen LogP contribution in [-0.4, -0.2) is 48.2 Å². The van der Waals surface area contributed by atoms with Gasteiger partial charge in [-0.2, -0.15) is 0 Å². The second-order valence-corrected chi connectivity index (χ2v) is 4.38. The molecule has 0 atom stereocenters. The molecule has 1 rings (SSSR count). The zero-order chi connectivity index (χ0) is 15.8. The van der Waals surface area contributed by atoms with E-state index < -0.39 is 12.0 Å². The van der Waals surface area contributed by atoms with Crippen molar-refractivity contribution in [2.75, 3.05) is 20.1 Å². The molecule has 0 unspecified atom stereocenters. The van der Waals surface area contributed by atoms with Gasteiger partial charge in [0.15, 0.2) is 0 Å². The second-order valence-electron chi connectivity index (χ2n) is 4.38. The molecule has 1 aromatic rings. The van der Waals surface area contributed by atoms with Crippen LogP contribution < -0.4 is 16.4 Å². The minimum Gasteiger partial charge on any atom is -0.478 e. The quantitative estimate of drug-likeness (QED) is 0.559. The van der Waals surface area contributed by atoms with Crippen molar-refractivity contribution in [2.24, 2.45) is 5.73 Å². The fraction of sp³-hybridized carbons (Fsp3) is 0.308. The minimum atomic E-state index is -0.991. The lowest BCUT2D eigenvalue weighted by Crippen LogP contribution is -2.41. The topological polar surface area (TPSA) is 125 Å². The van der Waals surface area contributed by atoms with E-state index in [1.165, 1.54) is 17.0 Å². The number of nitrogens with two attached hydrogens (primary N) is 1. The van der Waals surface area contributed by atoms with E-state index in [-0.39, 0.29) is 24.7 Å². The van der Waals surface area contributed by atoms with Crippen molar-refractivity contribution >= 4 is 18.0 Å². The third kappa shape index (κ3) is 5.81. The van der Waals surface area contributed by atoms with Crippen molar-refractivity contribution in [2.45, 2.75) is 6.54 Å². The van der Waals surface area contributed by atoms with Crippen LogP contribution in [0.25, 0.3) is 0 Å². The molecule has 0 aliphatic carbocycles. The molecule has 114 valence electrons. The van der Waals surface area contributed by atoms with E-state index in [4.69, 9.17) is 10.8 Å². The Balaban J connectivity index is 2.41. The Labute approximate surface area is 121 Å². The first-order valence-electron chi connectivity index (χ1n) is 6.24. The average Bonchev–Trinajstić information content (AvgIpc) is 2.43. The van der Waals surface area contributed by atoms with Gasteiger partial charge in [-0.1, -0.05) is 12.1 Å². The van der Waals surface area contributed by atoms with Crippen LogP contribution >= 0.6 is 0 Å². The van der Waals surface area contributed by atoms with Gasteiger partial charge < -0.3 is 26.4 Å². The molecule has 8 nitrogen and oxygen atoms in total. The molecule has 0 aromatic heterocycles. The maximum absolute atomic E-state index is 11.7. The van der Waals surface area contributed by atoms with E-state index in [1.54, 1.807) is 19.2 Å². The molecule has 1 aromatic carbocycles. The van der Waals surface area contributed by atoms with E-state index in [2.05, 4.69) is 10.6 Å². The lowest BCUT2D eigenvalue weighted by molar-refractivity contribution is 0.0696. The molecule has 0 heterocycles. The Bertz CT molecular complexity index is 515. The highest BCUT2D eigenvalue weighted by molar-refractivity contribution is 5.87. The molecule has 0 fully saturated rings. The number of rotatable bonds is 6. The van der Waals surface area contributed by atoms with Gasteiger partial charge in [-0.25, -0.2) is 14.4 Å². The van der Waals surface area contributed by atoms with Crippen molar-refractivity contribution in [3.05, 3.63) is 35.4 Å². The summed E-state index contributed by atoms with van der Waals surface area (Å²) in [5.41, 5.74) is 5.90. The van der Waals surface area contributed by atoms with Gasteiger partial charge in [0, 0.05) is 26.7 Å². The molecule has 0 aliphatic heterocycles. The van der Waals surface area contributed by atoms with Crippen molar-refractivity contribution in [1.82, 2.24) is 15.5 Å². The molecular weight excluding hydrogens is 276 g/mol. The summed E-state index contributed by atoms with van der Waals surface area (Å²) in [4.78, 5) is 34.4. The maximum Gasteiger partial charge on any atom is 0.335 e. The number of primary amides is 1. The van der Waals surface area contributed by atoms with E-state index >= 15 is 0 Å². The number of hydrogen-bond acceptors (Lipinski definition) is 3. The van der Waals surface area contributed by atoms with Crippen molar-refractivity contribution in [1.29, 1.82) is 0 Å². The maximum atomic E-state index is 11.7. The highest BCUT2D eigenvalue weighted by Gasteiger charge is 2.09. The Morgan fingerprint density at radius 1 is 1.14 bits per heavy atom. The number of carbonyl (C=O) groups excluding carboxylic acids is 2. The monoisotopic (exact) mass is 294 g/mol. The number of benzene rings is 1. The van der Waals surface area contributed by atoms with Gasteiger partial charge in [-0.3, -0.25) is 0 Å². The number of carboxylic acid groups (broad SMARTS) is 1. The SMILES string of the molecule is CN(Cc1ccc(C(=O)O)cc1)C(=O)NCCNC(N)=O. The predicted octanol–water partition coefficient (Wildman–Crippen LogP) is 0.195. The first kappa shape index (κ1) is 16.3. The summed E-state index contributed by atoms with van der Waals surface area (Å²) in [5.74, 6) is -0.991. The van der Waals surface area contributed by atoms with Gasteiger partial charge >= 0.3 is 18.0 Å². The van der Waals surface area contributed by atoms with Gasteiger partial charge in [-0.15, -0.1) is 0 Å². The Kier molecular flexibility index (Phi) is 5.99. The van der Waals surface area contributed by atoms with Gasteiger partial charge in [0.25, 0.3) is 0 Å². The fourth-order valence-corrected chi connectivity index (χ4v) is 1.59. The molecule has 0 bridgehead atoms. The molecule has 0 saturated heterocycles. The summed E-state index contributed by atoms with van der Waals surface area (Å²) in [6, 6.07) is 5.34. The van der Waals surface area contributed by atoms with Gasteiger partial charge in [-0.05, 0) is 17.7 Å². The summed E-state index contributed by atoms with van der Waals surface area (Å²) in [5, 5.41) is 13.8. The number of nitrogens with one attached hydrogen (secondary N) is 2. The minimum absolute atomic E-state index is 0.198. The standard InChI is InChI=1S/C13H18N4O4/c1-17(13(21)16-7-6-15-12(14)20)8-9-2-4-10(5-3-9)11(18)19/h2-5H,6-8H2,1H3,(H,16,21)(H,18,19)(H3,14,15,20). The molecule has 4 amide bonds. The normalized spacial score (nSPS) is 9.76. The zero-order valence-corrected chi connectivity index (χ0v) is 11.6. The number of hydrogen-bond donors (Lipinski definition) is 4. The molecule has 0 saturated carbocycles. The van der Waals surface area contributed by atoms with Crippen LogP contribution in [0.1, 0.15) is 15.9 Å². The Hall–Kier alpha value is -2.77. The molecule has 0 spiro atoms. The number of nitrogens with zero attached hydrogens (tertiary/aromatic N) is 1. The highest BCUT2D eigenvalue weighted by Crippen LogP contribution is 2.06. The molecule has 0 radical (unpaired) electrons. The number of aromatic carboxylic acids is 1. The van der Waals surface area contributed by atoms with Crippen LogP contribution in [-0.2, 0) is 6.54 Å². The van der Waals surface area contributed by atoms with Crippen LogP contribution in [0.2, 0.25) is 0 Å². The lowest BCUT2D eigenvalue weighted by atomic mass is 10.1. The van der Waals surface area contributed by atoms with Crippen LogP contribution in [0.15, 0.2) is 24.3 Å². The van der Waals surface area contributed by atoms with E-state index in [1.807, 2.05) is 0 Å². The average molecular weight is 294 g/mol. The third-order valence-corrected chi connectivity index (χ3v) is 2.67. The van der Waals surface area contributed by atoms with Crippen molar-refractivity contribution < 1.29 is 19.5 Å². The van der Waals surface area contributed by atoms with Crippen LogP contribution in [0.5, 0.6) is 0 Å². The summed E-state index contributed by atoms with van der Waals surface area (Å²) in [6.45, 7) is 0.862. The smallest absolute Gasteiger partial charge is 0.335 e. The van der Waals surface area contributed by atoms with Gasteiger partial charge in [0.1, 0.15) is 0 Å². The van der Waals surface area contributed by atoms with Gasteiger partial charge in [0.2, 0.25) is 0 Å². The molecular formula is C13H18N4O4.